The summed E-state index contributed by atoms with van der Waals surface area (Å²) in [7, 11) is 0. The van der Waals surface area contributed by atoms with Crippen molar-refractivity contribution in [3.63, 3.8) is 0 Å². The van der Waals surface area contributed by atoms with Crippen LogP contribution >= 0.6 is 0 Å². The molecule has 1 aliphatic heterocycles. The van der Waals surface area contributed by atoms with Crippen molar-refractivity contribution in [3.05, 3.63) is 59.4 Å². The van der Waals surface area contributed by atoms with Gasteiger partial charge in [-0.05, 0) is 40.8 Å². The summed E-state index contributed by atoms with van der Waals surface area (Å²) in [4.78, 5) is 12.0. The Morgan fingerprint density at radius 2 is 1.81 bits per heavy atom. The van der Waals surface area contributed by atoms with E-state index in [1.54, 1.807) is 6.07 Å². The van der Waals surface area contributed by atoms with Crippen molar-refractivity contribution in [1.82, 2.24) is 10.4 Å². The Labute approximate surface area is 159 Å². The molecule has 1 amide bonds. The van der Waals surface area contributed by atoms with Gasteiger partial charge in [-0.2, -0.15) is 0 Å². The second-order valence-corrected chi connectivity index (χ2v) is 8.02. The second-order valence-electron chi connectivity index (χ2n) is 8.02. The normalized spacial score (nSPS) is 14.6. The van der Waals surface area contributed by atoms with Crippen molar-refractivity contribution in [2.75, 3.05) is 18.4 Å². The average Bonchev–Trinajstić information content (AvgIpc) is 2.54. The molecule has 5 nitrogen and oxygen atoms in total. The largest absolute Gasteiger partial charge is 0.355 e. The van der Waals surface area contributed by atoms with E-state index in [4.69, 9.17) is 0 Å². The summed E-state index contributed by atoms with van der Waals surface area (Å²) in [5, 5.41) is 16.9. The van der Waals surface area contributed by atoms with Gasteiger partial charge in [0.25, 0.3) is 5.91 Å². The van der Waals surface area contributed by atoms with Gasteiger partial charge in [0, 0.05) is 24.5 Å². The van der Waals surface area contributed by atoms with Crippen molar-refractivity contribution in [3.8, 4) is 0 Å². The molecule has 0 aromatic heterocycles. The van der Waals surface area contributed by atoms with Crippen LogP contribution in [0.2, 0.25) is 0 Å². The molecule has 1 saturated heterocycles. The topological polar surface area (TPSA) is 64.6 Å². The van der Waals surface area contributed by atoms with Crippen LogP contribution in [0.15, 0.2) is 42.5 Å². The number of rotatable bonds is 5. The first-order valence-electron chi connectivity index (χ1n) is 9.11. The molecule has 0 spiro atoms. The summed E-state index contributed by atoms with van der Waals surface area (Å²) in [6.45, 7) is 7.31. The summed E-state index contributed by atoms with van der Waals surface area (Å²) in [6.07, 6.45) is 0. The highest BCUT2D eigenvalue weighted by Gasteiger charge is 2.28. The van der Waals surface area contributed by atoms with Crippen molar-refractivity contribution in [2.45, 2.75) is 32.7 Å². The smallest absolute Gasteiger partial charge is 0.251 e. The zero-order valence-electron chi connectivity index (χ0n) is 15.9. The number of hydrogen-bond donors (Lipinski definition) is 3. The molecule has 0 atom stereocenters. The zero-order chi connectivity index (χ0) is 19.6. The van der Waals surface area contributed by atoms with Gasteiger partial charge >= 0.3 is 0 Å². The molecule has 1 fully saturated rings. The molecule has 0 bridgehead atoms. The number of hydrogen-bond acceptors (Lipinski definition) is 4. The Balaban J connectivity index is 1.62. The molecule has 6 heteroatoms. The zero-order valence-corrected chi connectivity index (χ0v) is 15.9. The van der Waals surface area contributed by atoms with Gasteiger partial charge in [0.1, 0.15) is 5.82 Å². The molecule has 2 aromatic carbocycles. The number of amides is 1. The van der Waals surface area contributed by atoms with Gasteiger partial charge in [-0.25, -0.2) is 9.45 Å². The SMILES string of the molecule is CC(C)(C)c1ccc(Nc2ccc(CN(O)C(=O)C3CNC3)cc2)cc1F. The number of benzene rings is 2. The standard InChI is InChI=1S/C21H26FN3O2/c1-21(2,3)18-9-8-17(10-19(18)22)24-16-6-4-14(5-7-16)13-25(27)20(26)15-11-23-12-15/h4-10,15,23-24,27H,11-13H2,1-3H3. The van der Waals surface area contributed by atoms with Crippen LogP contribution in [0.3, 0.4) is 0 Å². The van der Waals surface area contributed by atoms with Crippen molar-refractivity contribution in [1.29, 1.82) is 0 Å². The van der Waals surface area contributed by atoms with E-state index in [0.717, 1.165) is 16.3 Å². The Morgan fingerprint density at radius 3 is 2.33 bits per heavy atom. The lowest BCUT2D eigenvalue weighted by atomic mass is 9.86. The predicted molar refractivity (Wildman–Crippen MR) is 104 cm³/mol. The van der Waals surface area contributed by atoms with Crippen LogP contribution in [0.1, 0.15) is 31.9 Å². The molecule has 2 aromatic rings. The third-order valence-electron chi connectivity index (χ3n) is 4.74. The van der Waals surface area contributed by atoms with E-state index in [0.29, 0.717) is 24.3 Å². The van der Waals surface area contributed by atoms with Gasteiger partial charge in [0.05, 0.1) is 12.5 Å². The fourth-order valence-electron chi connectivity index (χ4n) is 2.99. The average molecular weight is 371 g/mol. The fraction of sp³-hybridized carbons (Fsp3) is 0.381. The maximum Gasteiger partial charge on any atom is 0.251 e. The fourth-order valence-corrected chi connectivity index (χ4v) is 2.99. The number of hydroxylamine groups is 2. The maximum absolute atomic E-state index is 14.3. The van der Waals surface area contributed by atoms with Gasteiger partial charge in [-0.15, -0.1) is 0 Å². The van der Waals surface area contributed by atoms with E-state index in [1.807, 2.05) is 51.1 Å². The third kappa shape index (κ3) is 4.64. The first-order valence-corrected chi connectivity index (χ1v) is 9.11. The molecular formula is C21H26FN3O2. The molecular weight excluding hydrogens is 345 g/mol. The number of nitrogens with zero attached hydrogens (tertiary/aromatic N) is 1. The maximum atomic E-state index is 14.3. The minimum Gasteiger partial charge on any atom is -0.355 e. The van der Waals surface area contributed by atoms with E-state index in [9.17, 15) is 14.4 Å². The van der Waals surface area contributed by atoms with Crippen molar-refractivity contribution >= 4 is 17.3 Å². The second kappa shape index (κ2) is 7.66. The van der Waals surface area contributed by atoms with Crippen LogP contribution in [-0.4, -0.2) is 29.3 Å². The molecule has 3 N–H and O–H groups in total. The third-order valence-corrected chi connectivity index (χ3v) is 4.74. The monoisotopic (exact) mass is 371 g/mol. The highest BCUT2D eigenvalue weighted by atomic mass is 19.1. The van der Waals surface area contributed by atoms with Crippen LogP contribution in [0.4, 0.5) is 15.8 Å². The Bertz CT molecular complexity index is 811. The quantitative estimate of drug-likeness (QED) is 0.552. The lowest BCUT2D eigenvalue weighted by Crippen LogP contribution is -2.51. The van der Waals surface area contributed by atoms with Gasteiger partial charge in [0.2, 0.25) is 0 Å². The van der Waals surface area contributed by atoms with E-state index in [2.05, 4.69) is 10.6 Å². The van der Waals surface area contributed by atoms with E-state index >= 15 is 0 Å². The molecule has 27 heavy (non-hydrogen) atoms. The molecule has 0 aliphatic carbocycles. The summed E-state index contributed by atoms with van der Waals surface area (Å²) in [5.41, 5.74) is 2.73. The lowest BCUT2D eigenvalue weighted by molar-refractivity contribution is -0.174. The number of nitrogens with one attached hydrogen (secondary N) is 2. The molecule has 0 unspecified atom stereocenters. The first kappa shape index (κ1) is 19.3. The predicted octanol–water partition coefficient (Wildman–Crippen LogP) is 3.80. The minimum atomic E-state index is -0.259. The minimum absolute atomic E-state index is 0.137. The molecule has 3 rings (SSSR count). The molecule has 1 aliphatic rings. The molecule has 1 heterocycles. The number of anilines is 2. The van der Waals surface area contributed by atoms with Crippen LogP contribution in [0.25, 0.3) is 0 Å². The van der Waals surface area contributed by atoms with Gasteiger partial charge in [0.15, 0.2) is 0 Å². The van der Waals surface area contributed by atoms with Crippen molar-refractivity contribution in [2.24, 2.45) is 5.92 Å². The molecule has 144 valence electrons. The molecule has 0 saturated carbocycles. The summed E-state index contributed by atoms with van der Waals surface area (Å²) >= 11 is 0. The number of carbonyl (C=O) groups is 1. The van der Waals surface area contributed by atoms with Gasteiger partial charge in [-0.1, -0.05) is 39.0 Å². The first-order chi connectivity index (χ1) is 12.7. The Kier molecular flexibility index (Phi) is 5.48. The molecule has 0 radical (unpaired) electrons. The lowest BCUT2D eigenvalue weighted by Gasteiger charge is -2.29. The summed E-state index contributed by atoms with van der Waals surface area (Å²) in [6, 6.07) is 12.5. The van der Waals surface area contributed by atoms with Crippen LogP contribution < -0.4 is 10.6 Å². The van der Waals surface area contributed by atoms with Crippen molar-refractivity contribution < 1.29 is 14.4 Å². The van der Waals surface area contributed by atoms with Crippen LogP contribution in [0.5, 0.6) is 0 Å². The van der Waals surface area contributed by atoms with E-state index < -0.39 is 0 Å². The van der Waals surface area contributed by atoms with E-state index in [-0.39, 0.29) is 29.6 Å². The number of carbonyl (C=O) groups excluding carboxylic acids is 1. The van der Waals surface area contributed by atoms with Crippen LogP contribution in [-0.2, 0) is 16.8 Å². The Morgan fingerprint density at radius 1 is 1.19 bits per heavy atom. The number of halogens is 1. The Hall–Kier alpha value is -2.44. The highest BCUT2D eigenvalue weighted by Crippen LogP contribution is 2.28. The highest BCUT2D eigenvalue weighted by molar-refractivity contribution is 5.79. The summed E-state index contributed by atoms with van der Waals surface area (Å²) in [5.74, 6) is -0.628. The van der Waals surface area contributed by atoms with E-state index in [1.165, 1.54) is 6.07 Å². The van der Waals surface area contributed by atoms with Gasteiger partial charge in [-0.3, -0.25) is 10.0 Å². The van der Waals surface area contributed by atoms with Gasteiger partial charge < -0.3 is 10.6 Å². The summed E-state index contributed by atoms with van der Waals surface area (Å²) < 4.78 is 14.3. The van der Waals surface area contributed by atoms with Crippen LogP contribution in [0, 0.1) is 11.7 Å².